The standard InChI is InChI=1S/C31H37N7O5/c1-31(2,3)43-30(39)38(23-7-6-8-23)24-11-12-37(18-24)29-21(16-32)13-26(34-36-29)25-10-9-20(14-27(25)42-19-40-4)22-15-28(41-5)35-33-17-22/h9-10,13-15,17,23-24H,6-8,11-12,18-19H2,1-5H3/t24-/m0/s1. The number of hydrogen-bond donors (Lipinski definition) is 0. The van der Waals surface area contributed by atoms with E-state index in [0.717, 1.165) is 36.8 Å². The largest absolute Gasteiger partial charge is 0.480 e. The summed E-state index contributed by atoms with van der Waals surface area (Å²) in [4.78, 5) is 17.1. The minimum Gasteiger partial charge on any atom is -0.480 e. The third kappa shape index (κ3) is 6.78. The minimum atomic E-state index is -0.571. The number of nitrogens with zero attached hydrogens (tertiary/aromatic N) is 7. The third-order valence-corrected chi connectivity index (χ3v) is 7.59. The topological polar surface area (TPSA) is 136 Å². The van der Waals surface area contributed by atoms with Crippen LogP contribution < -0.4 is 14.4 Å². The Balaban J connectivity index is 1.40. The molecule has 5 rings (SSSR count). The van der Waals surface area contributed by atoms with Crippen molar-refractivity contribution in [1.82, 2.24) is 25.3 Å². The van der Waals surface area contributed by atoms with Crippen LogP contribution in [0.5, 0.6) is 11.6 Å². The van der Waals surface area contributed by atoms with Crippen molar-refractivity contribution in [3.05, 3.63) is 42.1 Å². The molecule has 0 N–H and O–H groups in total. The third-order valence-electron chi connectivity index (χ3n) is 7.59. The van der Waals surface area contributed by atoms with Gasteiger partial charge in [0.05, 0.1) is 30.6 Å². The van der Waals surface area contributed by atoms with Gasteiger partial charge in [-0.2, -0.15) is 10.4 Å². The Hall–Kier alpha value is -4.50. The summed E-state index contributed by atoms with van der Waals surface area (Å²) in [5, 5.41) is 27.1. The number of carbonyl (C=O) groups excluding carboxylic acids is 1. The van der Waals surface area contributed by atoms with Crippen molar-refractivity contribution in [2.24, 2.45) is 0 Å². The Bertz CT molecular complexity index is 1500. The number of carbonyl (C=O) groups is 1. The highest BCUT2D eigenvalue weighted by molar-refractivity contribution is 5.76. The van der Waals surface area contributed by atoms with E-state index < -0.39 is 5.60 Å². The van der Waals surface area contributed by atoms with Crippen LogP contribution in [0.15, 0.2) is 36.5 Å². The van der Waals surface area contributed by atoms with Gasteiger partial charge in [-0.25, -0.2) is 4.79 Å². The summed E-state index contributed by atoms with van der Waals surface area (Å²) in [6.45, 7) is 6.88. The number of benzene rings is 1. The van der Waals surface area contributed by atoms with E-state index in [1.165, 1.54) is 7.11 Å². The Morgan fingerprint density at radius 1 is 1.07 bits per heavy atom. The second-order valence-corrected chi connectivity index (χ2v) is 11.7. The molecule has 12 nitrogen and oxygen atoms in total. The predicted octanol–water partition coefficient (Wildman–Crippen LogP) is 4.83. The summed E-state index contributed by atoms with van der Waals surface area (Å²) in [7, 11) is 3.08. The lowest BCUT2D eigenvalue weighted by atomic mass is 9.90. The number of aromatic nitrogens is 4. The van der Waals surface area contributed by atoms with Gasteiger partial charge in [0.25, 0.3) is 0 Å². The van der Waals surface area contributed by atoms with Crippen LogP contribution in [0.1, 0.15) is 52.0 Å². The highest BCUT2D eigenvalue weighted by Crippen LogP contribution is 2.36. The molecule has 0 unspecified atom stereocenters. The first kappa shape index (κ1) is 30.0. The average molecular weight is 588 g/mol. The van der Waals surface area contributed by atoms with Gasteiger partial charge in [0.2, 0.25) is 5.88 Å². The molecule has 0 bridgehead atoms. The fraction of sp³-hybridized carbons (Fsp3) is 0.484. The van der Waals surface area contributed by atoms with Crippen LogP contribution in [-0.2, 0) is 9.47 Å². The zero-order valence-corrected chi connectivity index (χ0v) is 25.2. The van der Waals surface area contributed by atoms with Gasteiger partial charge in [-0.1, -0.05) is 6.07 Å². The fourth-order valence-corrected chi connectivity index (χ4v) is 5.33. The van der Waals surface area contributed by atoms with E-state index in [9.17, 15) is 10.1 Å². The van der Waals surface area contributed by atoms with Crippen molar-refractivity contribution < 1.29 is 23.7 Å². The van der Waals surface area contributed by atoms with Crippen LogP contribution in [0.2, 0.25) is 0 Å². The first-order chi connectivity index (χ1) is 20.7. The smallest absolute Gasteiger partial charge is 0.410 e. The maximum Gasteiger partial charge on any atom is 0.410 e. The van der Waals surface area contributed by atoms with E-state index in [-0.39, 0.29) is 25.0 Å². The van der Waals surface area contributed by atoms with Crippen LogP contribution in [0.25, 0.3) is 22.4 Å². The lowest BCUT2D eigenvalue weighted by Gasteiger charge is -2.41. The van der Waals surface area contributed by atoms with Crippen LogP contribution in [0.3, 0.4) is 0 Å². The average Bonchev–Trinajstić information content (AvgIpc) is 3.45. The number of methoxy groups -OCH3 is 2. The van der Waals surface area contributed by atoms with Crippen LogP contribution in [0, 0.1) is 11.3 Å². The molecular formula is C31H37N7O5. The molecule has 3 heterocycles. The summed E-state index contributed by atoms with van der Waals surface area (Å²) in [6.07, 6.45) is 5.18. The van der Waals surface area contributed by atoms with E-state index >= 15 is 0 Å². The maximum absolute atomic E-state index is 13.2. The normalized spacial score (nSPS) is 16.7. The summed E-state index contributed by atoms with van der Waals surface area (Å²) < 4.78 is 22.0. The number of ether oxygens (including phenoxy) is 4. The van der Waals surface area contributed by atoms with Crippen LogP contribution in [0.4, 0.5) is 10.6 Å². The summed E-state index contributed by atoms with van der Waals surface area (Å²) in [5.41, 5.74) is 2.60. The molecule has 1 aromatic carbocycles. The van der Waals surface area contributed by atoms with Crippen molar-refractivity contribution in [2.45, 2.75) is 64.1 Å². The van der Waals surface area contributed by atoms with E-state index in [4.69, 9.17) is 18.9 Å². The van der Waals surface area contributed by atoms with Gasteiger partial charge in [0.1, 0.15) is 17.4 Å². The molecule has 0 radical (unpaired) electrons. The highest BCUT2D eigenvalue weighted by Gasteiger charge is 2.40. The summed E-state index contributed by atoms with van der Waals surface area (Å²) in [5.74, 6) is 1.40. The number of anilines is 1. The number of amides is 1. The second-order valence-electron chi connectivity index (χ2n) is 11.7. The molecule has 43 heavy (non-hydrogen) atoms. The minimum absolute atomic E-state index is 0.0231. The molecule has 226 valence electrons. The molecule has 2 aromatic heterocycles. The van der Waals surface area contributed by atoms with Gasteiger partial charge in [0, 0.05) is 43.4 Å². The Morgan fingerprint density at radius 3 is 2.56 bits per heavy atom. The zero-order valence-electron chi connectivity index (χ0n) is 25.2. The Labute approximate surface area is 251 Å². The molecule has 1 amide bonds. The van der Waals surface area contributed by atoms with E-state index in [2.05, 4.69) is 26.5 Å². The number of hydrogen-bond acceptors (Lipinski definition) is 11. The molecule has 2 aliphatic rings. The monoisotopic (exact) mass is 587 g/mol. The highest BCUT2D eigenvalue weighted by atomic mass is 16.7. The lowest BCUT2D eigenvalue weighted by molar-refractivity contribution is -0.00351. The molecule has 1 aliphatic carbocycles. The zero-order chi connectivity index (χ0) is 30.6. The van der Waals surface area contributed by atoms with Crippen LogP contribution in [-0.4, -0.2) is 83.2 Å². The van der Waals surface area contributed by atoms with Gasteiger partial charge >= 0.3 is 6.09 Å². The molecule has 1 atom stereocenters. The van der Waals surface area contributed by atoms with E-state index in [1.54, 1.807) is 25.4 Å². The Morgan fingerprint density at radius 2 is 1.88 bits per heavy atom. The molecule has 1 aliphatic heterocycles. The maximum atomic E-state index is 13.2. The molecule has 2 fully saturated rings. The second kappa shape index (κ2) is 12.8. The fourth-order valence-electron chi connectivity index (χ4n) is 5.33. The first-order valence-electron chi connectivity index (χ1n) is 14.4. The first-order valence-corrected chi connectivity index (χ1v) is 14.4. The van der Waals surface area contributed by atoms with Crippen molar-refractivity contribution in [3.63, 3.8) is 0 Å². The number of nitriles is 1. The SMILES string of the molecule is COCOc1cc(-c2cnnc(OC)c2)ccc1-c1cc(C#N)c(N2CC[C@H](N(C(=O)OC(C)(C)C)C3CCC3)C2)nn1. The van der Waals surface area contributed by atoms with Gasteiger partial charge in [-0.05, 0) is 70.2 Å². The van der Waals surface area contributed by atoms with Crippen LogP contribution >= 0.6 is 0 Å². The quantitative estimate of drug-likeness (QED) is 0.318. The van der Waals surface area contributed by atoms with Gasteiger partial charge in [0.15, 0.2) is 12.6 Å². The number of rotatable bonds is 9. The molecule has 0 spiro atoms. The van der Waals surface area contributed by atoms with Crippen molar-refractivity contribution in [3.8, 4) is 40.1 Å². The molecule has 1 saturated heterocycles. The molecule has 1 saturated carbocycles. The van der Waals surface area contributed by atoms with Gasteiger partial charge in [-0.3, -0.25) is 0 Å². The van der Waals surface area contributed by atoms with E-state index in [1.807, 2.05) is 48.8 Å². The summed E-state index contributed by atoms with van der Waals surface area (Å²) >= 11 is 0. The van der Waals surface area contributed by atoms with Gasteiger partial charge < -0.3 is 28.7 Å². The van der Waals surface area contributed by atoms with E-state index in [0.29, 0.717) is 47.4 Å². The predicted molar refractivity (Wildman–Crippen MR) is 159 cm³/mol. The summed E-state index contributed by atoms with van der Waals surface area (Å²) in [6, 6.07) is 11.6. The van der Waals surface area contributed by atoms with Crippen molar-refractivity contribution in [1.29, 1.82) is 5.26 Å². The lowest BCUT2D eigenvalue weighted by Crippen LogP contribution is -2.52. The Kier molecular flexibility index (Phi) is 8.92. The van der Waals surface area contributed by atoms with Crippen molar-refractivity contribution >= 4 is 11.9 Å². The van der Waals surface area contributed by atoms with Crippen molar-refractivity contribution in [2.75, 3.05) is 39.0 Å². The molecular weight excluding hydrogens is 550 g/mol. The van der Waals surface area contributed by atoms with Gasteiger partial charge in [-0.15, -0.1) is 15.3 Å². The molecule has 12 heteroatoms. The molecule has 3 aromatic rings.